The van der Waals surface area contributed by atoms with Gasteiger partial charge in [-0.05, 0) is 37.1 Å². The minimum Gasteiger partial charge on any atom is -0.382 e. The largest absolute Gasteiger partial charge is 0.416 e. The molecule has 5 N–H and O–H groups in total. The number of hydrogen-bond donors (Lipinski definition) is 4. The molecule has 0 fully saturated rings. The molecule has 2 aromatic carbocycles. The number of rotatable bonds is 8. The molecule has 3 aromatic rings. The monoisotopic (exact) mass is 519 g/mol. The molecule has 0 spiro atoms. The van der Waals surface area contributed by atoms with Crippen LogP contribution in [0.5, 0.6) is 0 Å². The third-order valence-electron chi connectivity index (χ3n) is 5.18. The summed E-state index contributed by atoms with van der Waals surface area (Å²) in [7, 11) is -9.54. The quantitative estimate of drug-likeness (QED) is 0.326. The van der Waals surface area contributed by atoms with Gasteiger partial charge in [-0.1, -0.05) is 47.8 Å². The second-order valence-electron chi connectivity index (χ2n) is 7.64. The van der Waals surface area contributed by atoms with Crippen LogP contribution in [0.15, 0.2) is 53.6 Å². The van der Waals surface area contributed by atoms with Crippen LogP contribution in [0.1, 0.15) is 35.5 Å². The number of carbonyl (C=O) groups is 1. The minimum atomic E-state index is -5.06. The first-order chi connectivity index (χ1) is 16.4. The second kappa shape index (κ2) is 10.2. The zero-order chi connectivity index (χ0) is 26.0. The molecule has 11 nitrogen and oxygen atoms in total. The molecule has 0 aliphatic heterocycles. The highest BCUT2D eigenvalue weighted by Crippen LogP contribution is 2.44. The predicted molar refractivity (Wildman–Crippen MR) is 132 cm³/mol. The molecule has 0 bridgehead atoms. The first-order valence-electron chi connectivity index (χ1n) is 10.6. The summed E-state index contributed by atoms with van der Waals surface area (Å²) >= 11 is 0. The average Bonchev–Trinajstić information content (AvgIpc) is 2.79. The van der Waals surface area contributed by atoms with Crippen molar-refractivity contribution in [3.8, 4) is 11.3 Å². The summed E-state index contributed by atoms with van der Waals surface area (Å²) in [4.78, 5) is 40.0. The Morgan fingerprint density at radius 2 is 1.80 bits per heavy atom. The Labute approximate surface area is 203 Å². The van der Waals surface area contributed by atoms with E-state index in [-0.39, 0.29) is 38.2 Å². The van der Waals surface area contributed by atoms with Crippen LogP contribution in [-0.2, 0) is 21.0 Å². The normalized spacial score (nSPS) is 12.1. The SMILES string of the molecule is CCc1cc(NC(=O)c2nc(-c3ccc(C)cc3)cnc2N)ccc1S(=O)(=O)N(CC)P(=O)(O)O. The van der Waals surface area contributed by atoms with Gasteiger partial charge in [0, 0.05) is 17.8 Å². The molecular weight excluding hydrogens is 493 g/mol. The smallest absolute Gasteiger partial charge is 0.382 e. The second-order valence-corrected chi connectivity index (χ2v) is 11.3. The lowest BCUT2D eigenvalue weighted by Crippen LogP contribution is -2.28. The van der Waals surface area contributed by atoms with Gasteiger partial charge in [0.15, 0.2) is 11.5 Å². The van der Waals surface area contributed by atoms with E-state index in [0.717, 1.165) is 11.1 Å². The number of sulfonamides is 1. The van der Waals surface area contributed by atoms with Gasteiger partial charge in [0.25, 0.3) is 15.9 Å². The number of nitrogens with zero attached hydrogens (tertiary/aromatic N) is 3. The molecule has 0 radical (unpaired) electrons. The van der Waals surface area contributed by atoms with Crippen LogP contribution >= 0.6 is 7.75 Å². The Balaban J connectivity index is 1.93. The van der Waals surface area contributed by atoms with Crippen molar-refractivity contribution < 1.29 is 27.6 Å². The summed E-state index contributed by atoms with van der Waals surface area (Å²) in [5, 5.41) is 2.63. The third-order valence-corrected chi connectivity index (χ3v) is 9.09. The third kappa shape index (κ3) is 5.75. The van der Waals surface area contributed by atoms with Crippen molar-refractivity contribution in [2.45, 2.75) is 32.1 Å². The summed E-state index contributed by atoms with van der Waals surface area (Å²) < 4.78 is 37.6. The van der Waals surface area contributed by atoms with Crippen LogP contribution in [-0.4, -0.2) is 44.7 Å². The number of hydrogen-bond acceptors (Lipinski definition) is 7. The van der Waals surface area contributed by atoms with Gasteiger partial charge in [-0.3, -0.25) is 4.79 Å². The highest BCUT2D eigenvalue weighted by molar-refractivity contribution is 7.94. The van der Waals surface area contributed by atoms with Crippen LogP contribution in [0.3, 0.4) is 0 Å². The molecule has 0 unspecified atom stereocenters. The standard InChI is InChI=1S/C22H26N5O6PS/c1-4-15-12-17(10-11-19(15)35(32,33)27(5-2)34(29,30)31)25-22(28)20-21(23)24-13-18(26-20)16-8-6-14(3)7-9-16/h6-13H,4-5H2,1-3H3,(H2,23,24)(H,25,28)(H2,29,30,31). The van der Waals surface area contributed by atoms with Crippen molar-refractivity contribution in [2.75, 3.05) is 17.6 Å². The lowest BCUT2D eigenvalue weighted by atomic mass is 10.1. The van der Waals surface area contributed by atoms with Crippen LogP contribution in [0.25, 0.3) is 11.3 Å². The fourth-order valence-electron chi connectivity index (χ4n) is 3.41. The van der Waals surface area contributed by atoms with Gasteiger partial charge in [-0.2, -0.15) is 0 Å². The molecule has 1 aromatic heterocycles. The summed E-state index contributed by atoms with van der Waals surface area (Å²) in [6.45, 7) is 4.54. The highest BCUT2D eigenvalue weighted by Gasteiger charge is 2.37. The zero-order valence-electron chi connectivity index (χ0n) is 19.3. The summed E-state index contributed by atoms with van der Waals surface area (Å²) in [6.07, 6.45) is 1.69. The van der Waals surface area contributed by atoms with Crippen molar-refractivity contribution in [3.63, 3.8) is 0 Å². The molecule has 0 atom stereocenters. The first-order valence-corrected chi connectivity index (χ1v) is 13.6. The number of benzene rings is 2. The number of carbonyl (C=O) groups excluding carboxylic acids is 1. The van der Waals surface area contributed by atoms with Gasteiger partial charge in [-0.15, -0.1) is 0 Å². The Morgan fingerprint density at radius 1 is 1.14 bits per heavy atom. The van der Waals surface area contributed by atoms with E-state index in [0.29, 0.717) is 5.69 Å². The topological polar surface area (TPSA) is 176 Å². The maximum absolute atomic E-state index is 12.9. The van der Waals surface area contributed by atoms with Gasteiger partial charge in [0.2, 0.25) is 0 Å². The summed E-state index contributed by atoms with van der Waals surface area (Å²) in [6, 6.07) is 11.4. The fourth-order valence-corrected chi connectivity index (χ4v) is 6.51. The lowest BCUT2D eigenvalue weighted by Gasteiger charge is -2.22. The number of amides is 1. The number of nitrogen functional groups attached to an aromatic ring is 1. The molecule has 0 saturated carbocycles. The summed E-state index contributed by atoms with van der Waals surface area (Å²) in [5.41, 5.74) is 8.58. The van der Waals surface area contributed by atoms with E-state index in [4.69, 9.17) is 5.73 Å². The fraction of sp³-hybridized carbons (Fsp3) is 0.227. The van der Waals surface area contributed by atoms with Gasteiger partial charge in [0.05, 0.1) is 16.8 Å². The van der Waals surface area contributed by atoms with E-state index < -0.39 is 30.2 Å². The molecule has 186 valence electrons. The van der Waals surface area contributed by atoms with Crippen LogP contribution in [0, 0.1) is 6.92 Å². The predicted octanol–water partition coefficient (Wildman–Crippen LogP) is 2.95. The van der Waals surface area contributed by atoms with Crippen molar-refractivity contribution in [1.29, 1.82) is 0 Å². The van der Waals surface area contributed by atoms with Crippen molar-refractivity contribution in [3.05, 3.63) is 65.5 Å². The van der Waals surface area contributed by atoms with Gasteiger partial charge < -0.3 is 20.8 Å². The number of nitrogens with one attached hydrogen (secondary N) is 1. The van der Waals surface area contributed by atoms with Gasteiger partial charge in [-0.25, -0.2) is 23.0 Å². The van der Waals surface area contributed by atoms with Gasteiger partial charge in [0.1, 0.15) is 0 Å². The number of aromatic nitrogens is 2. The number of aryl methyl sites for hydroxylation is 2. The molecule has 13 heteroatoms. The van der Waals surface area contributed by atoms with Crippen molar-refractivity contribution in [1.82, 2.24) is 14.0 Å². The number of nitrogens with two attached hydrogens (primary N) is 1. The average molecular weight is 520 g/mol. The number of anilines is 2. The molecule has 1 amide bonds. The van der Waals surface area contributed by atoms with Crippen molar-refractivity contribution >= 4 is 35.2 Å². The van der Waals surface area contributed by atoms with E-state index in [2.05, 4.69) is 15.3 Å². The van der Waals surface area contributed by atoms with E-state index >= 15 is 0 Å². The summed E-state index contributed by atoms with van der Waals surface area (Å²) in [5.74, 6) is -0.722. The molecule has 0 aliphatic carbocycles. The minimum absolute atomic E-state index is 0.0755. The van der Waals surface area contributed by atoms with Crippen LogP contribution < -0.4 is 11.1 Å². The first kappa shape index (κ1) is 26.5. The van der Waals surface area contributed by atoms with Crippen LogP contribution in [0.2, 0.25) is 0 Å². The molecule has 0 aliphatic rings. The highest BCUT2D eigenvalue weighted by atomic mass is 32.2. The maximum atomic E-state index is 12.9. The molecule has 3 rings (SSSR count). The van der Waals surface area contributed by atoms with E-state index in [1.807, 2.05) is 31.2 Å². The molecular formula is C22H26N5O6PS. The molecule has 35 heavy (non-hydrogen) atoms. The zero-order valence-corrected chi connectivity index (χ0v) is 21.0. The van der Waals surface area contributed by atoms with Crippen LogP contribution in [0.4, 0.5) is 11.5 Å². The Bertz CT molecular complexity index is 1410. The molecule has 0 saturated heterocycles. The Hall–Kier alpha value is -3.15. The van der Waals surface area contributed by atoms with Crippen molar-refractivity contribution in [2.24, 2.45) is 0 Å². The van der Waals surface area contributed by atoms with E-state index in [1.165, 1.54) is 31.3 Å². The Kier molecular flexibility index (Phi) is 7.73. The van der Waals surface area contributed by atoms with E-state index in [1.54, 1.807) is 6.92 Å². The Morgan fingerprint density at radius 3 is 2.37 bits per heavy atom. The van der Waals surface area contributed by atoms with Gasteiger partial charge >= 0.3 is 7.75 Å². The molecule has 1 heterocycles. The van der Waals surface area contributed by atoms with E-state index in [9.17, 15) is 27.6 Å². The maximum Gasteiger partial charge on any atom is 0.416 e. The lowest BCUT2D eigenvalue weighted by molar-refractivity contribution is 0.102.